The van der Waals surface area contributed by atoms with Gasteiger partial charge in [-0.3, -0.25) is 0 Å². The van der Waals surface area contributed by atoms with Gasteiger partial charge in [-0.25, -0.2) is 15.0 Å². The molecule has 0 saturated heterocycles. The standard InChI is InChI=1S/C55H38N4S/c1-37(40-15-5-3-6-16-40)57-54(58-38(2)41-17-7-4-8-18-41)46-21-14-20-45(34-46)48-23-9-10-24-50(48)51-35-44(31-32-49(51)42-29-27-39(36-56)28-30-42)43-19-13-22-47(33-43)55-59-52-25-11-12-26-53(52)60-55/h3-35H,1H2,2H3/b57-54-,58-38+. The molecule has 0 amide bonds. The van der Waals surface area contributed by atoms with Crippen molar-refractivity contribution in [3.8, 4) is 61.1 Å². The SMILES string of the molecule is C=C(/N=C(\N=C(/C)c1ccccc1)c1cccc(-c2ccccc2-c2cc(-c3cccc(-c4nc5ccccc5s4)c3)ccc2-c2ccc(C#N)cc2)c1)c1ccccc1. The number of benzene rings is 8. The smallest absolute Gasteiger partial charge is 0.160 e. The number of thiazole rings is 1. The van der Waals surface area contributed by atoms with Gasteiger partial charge in [0, 0.05) is 16.8 Å². The zero-order chi connectivity index (χ0) is 40.8. The molecule has 0 radical (unpaired) electrons. The van der Waals surface area contributed by atoms with Crippen LogP contribution in [-0.2, 0) is 0 Å². The van der Waals surface area contributed by atoms with Gasteiger partial charge in [0.15, 0.2) is 5.84 Å². The summed E-state index contributed by atoms with van der Waals surface area (Å²) < 4.78 is 1.17. The van der Waals surface area contributed by atoms with E-state index in [4.69, 9.17) is 15.0 Å². The minimum atomic E-state index is 0.581. The van der Waals surface area contributed by atoms with Crippen LogP contribution in [0, 0.1) is 11.3 Å². The quantitative estimate of drug-likeness (QED) is 0.108. The number of hydrogen-bond donors (Lipinski definition) is 0. The third kappa shape index (κ3) is 8.01. The Bertz CT molecular complexity index is 3080. The molecule has 284 valence electrons. The topological polar surface area (TPSA) is 61.4 Å². The van der Waals surface area contributed by atoms with Crippen molar-refractivity contribution in [1.29, 1.82) is 5.26 Å². The summed E-state index contributed by atoms with van der Waals surface area (Å²) in [6, 6.07) is 70.8. The lowest BCUT2D eigenvalue weighted by molar-refractivity contribution is 1.44. The lowest BCUT2D eigenvalue weighted by Gasteiger charge is -2.17. The van der Waals surface area contributed by atoms with Crippen LogP contribution in [0.3, 0.4) is 0 Å². The zero-order valence-corrected chi connectivity index (χ0v) is 33.8. The summed E-state index contributed by atoms with van der Waals surface area (Å²) in [5.41, 5.74) is 15.6. The van der Waals surface area contributed by atoms with E-state index in [1.165, 1.54) is 4.70 Å². The number of rotatable bonds is 9. The van der Waals surface area contributed by atoms with E-state index in [0.717, 1.165) is 83.0 Å². The average Bonchev–Trinajstić information content (AvgIpc) is 3.77. The van der Waals surface area contributed by atoms with Gasteiger partial charge in [0.2, 0.25) is 0 Å². The summed E-state index contributed by atoms with van der Waals surface area (Å²) in [4.78, 5) is 15.1. The lowest BCUT2D eigenvalue weighted by atomic mass is 9.87. The molecule has 9 aromatic rings. The van der Waals surface area contributed by atoms with Crippen LogP contribution in [0.15, 0.2) is 217 Å². The molecule has 0 fully saturated rings. The molecule has 0 N–H and O–H groups in total. The zero-order valence-electron chi connectivity index (χ0n) is 33.0. The van der Waals surface area contributed by atoms with Crippen LogP contribution >= 0.6 is 11.3 Å². The molecule has 0 spiro atoms. The van der Waals surface area contributed by atoms with Gasteiger partial charge in [0.1, 0.15) is 5.01 Å². The van der Waals surface area contributed by atoms with Gasteiger partial charge in [-0.1, -0.05) is 164 Å². The van der Waals surface area contributed by atoms with Gasteiger partial charge in [-0.05, 0) is 105 Å². The Balaban J connectivity index is 1.17. The molecule has 4 nitrogen and oxygen atoms in total. The minimum absolute atomic E-state index is 0.581. The predicted octanol–water partition coefficient (Wildman–Crippen LogP) is 14.4. The van der Waals surface area contributed by atoms with Gasteiger partial charge in [-0.2, -0.15) is 5.26 Å². The maximum Gasteiger partial charge on any atom is 0.160 e. The summed E-state index contributed by atoms with van der Waals surface area (Å²) in [5.74, 6) is 0.581. The number of amidine groups is 1. The molecular weight excluding hydrogens is 749 g/mol. The molecular formula is C55H38N4S. The van der Waals surface area contributed by atoms with E-state index in [2.05, 4.69) is 134 Å². The van der Waals surface area contributed by atoms with Crippen molar-refractivity contribution in [3.63, 3.8) is 0 Å². The Morgan fingerprint density at radius 3 is 1.87 bits per heavy atom. The van der Waals surface area contributed by atoms with E-state index in [0.29, 0.717) is 17.1 Å². The van der Waals surface area contributed by atoms with E-state index in [9.17, 15) is 5.26 Å². The summed E-state index contributed by atoms with van der Waals surface area (Å²) in [6.45, 7) is 6.36. The molecule has 0 bridgehead atoms. The van der Waals surface area contributed by atoms with E-state index >= 15 is 0 Å². The molecule has 0 atom stereocenters. The molecule has 8 aromatic carbocycles. The van der Waals surface area contributed by atoms with Crippen molar-refractivity contribution in [2.45, 2.75) is 6.92 Å². The van der Waals surface area contributed by atoms with Gasteiger partial charge < -0.3 is 0 Å². The van der Waals surface area contributed by atoms with Crippen LogP contribution in [0.1, 0.15) is 29.2 Å². The largest absolute Gasteiger partial charge is 0.236 e. The second kappa shape index (κ2) is 17.0. The summed E-state index contributed by atoms with van der Waals surface area (Å²) in [7, 11) is 0. The molecule has 1 aromatic heterocycles. The van der Waals surface area contributed by atoms with Crippen LogP contribution in [0.25, 0.3) is 71.0 Å². The van der Waals surface area contributed by atoms with Gasteiger partial charge in [0.25, 0.3) is 0 Å². The number of fused-ring (bicyclic) bond motifs is 1. The maximum absolute atomic E-state index is 9.60. The number of para-hydroxylation sites is 1. The average molecular weight is 787 g/mol. The van der Waals surface area contributed by atoms with Crippen molar-refractivity contribution < 1.29 is 0 Å². The predicted molar refractivity (Wildman–Crippen MR) is 252 cm³/mol. The van der Waals surface area contributed by atoms with E-state index < -0.39 is 0 Å². The maximum atomic E-state index is 9.60. The second-order valence-corrected chi connectivity index (χ2v) is 15.5. The first-order chi connectivity index (χ1) is 29.5. The van der Waals surface area contributed by atoms with Crippen LogP contribution in [0.4, 0.5) is 0 Å². The Kier molecular flexibility index (Phi) is 10.7. The first-order valence-electron chi connectivity index (χ1n) is 19.8. The minimum Gasteiger partial charge on any atom is -0.236 e. The Morgan fingerprint density at radius 1 is 0.500 bits per heavy atom. The van der Waals surface area contributed by atoms with E-state index in [1.54, 1.807) is 11.3 Å². The van der Waals surface area contributed by atoms with Crippen LogP contribution in [-0.4, -0.2) is 16.5 Å². The highest BCUT2D eigenvalue weighted by Crippen LogP contribution is 2.41. The monoisotopic (exact) mass is 786 g/mol. The highest BCUT2D eigenvalue weighted by molar-refractivity contribution is 7.21. The highest BCUT2D eigenvalue weighted by atomic mass is 32.1. The van der Waals surface area contributed by atoms with Crippen LogP contribution < -0.4 is 0 Å². The highest BCUT2D eigenvalue weighted by Gasteiger charge is 2.17. The molecule has 60 heavy (non-hydrogen) atoms. The Morgan fingerprint density at radius 2 is 1.10 bits per heavy atom. The number of nitriles is 1. The van der Waals surface area contributed by atoms with Crippen molar-refractivity contribution in [2.24, 2.45) is 9.98 Å². The van der Waals surface area contributed by atoms with Gasteiger partial charge in [-0.15, -0.1) is 11.3 Å². The second-order valence-electron chi connectivity index (χ2n) is 14.5. The molecule has 0 unspecified atom stereocenters. The fourth-order valence-electron chi connectivity index (χ4n) is 7.43. The summed E-state index contributed by atoms with van der Waals surface area (Å²) in [5, 5.41) is 10.6. The van der Waals surface area contributed by atoms with Gasteiger partial charge in [0.05, 0.1) is 27.5 Å². The Labute approximate surface area is 354 Å². The van der Waals surface area contributed by atoms with Crippen LogP contribution in [0.2, 0.25) is 0 Å². The third-order valence-corrected chi connectivity index (χ3v) is 11.6. The number of nitrogens with zero attached hydrogens (tertiary/aromatic N) is 4. The van der Waals surface area contributed by atoms with E-state index in [-0.39, 0.29) is 0 Å². The van der Waals surface area contributed by atoms with E-state index in [1.807, 2.05) is 85.8 Å². The van der Waals surface area contributed by atoms with Crippen molar-refractivity contribution in [1.82, 2.24) is 4.98 Å². The molecule has 0 aliphatic heterocycles. The lowest BCUT2D eigenvalue weighted by Crippen LogP contribution is -2.04. The fourth-order valence-corrected chi connectivity index (χ4v) is 8.39. The summed E-state index contributed by atoms with van der Waals surface area (Å²) >= 11 is 1.71. The third-order valence-electron chi connectivity index (χ3n) is 10.5. The van der Waals surface area contributed by atoms with Gasteiger partial charge >= 0.3 is 0 Å². The molecule has 5 heteroatoms. The number of hydrogen-bond acceptors (Lipinski definition) is 4. The van der Waals surface area contributed by atoms with Crippen molar-refractivity contribution in [2.75, 3.05) is 0 Å². The molecule has 1 heterocycles. The number of aliphatic imine (C=N–C) groups is 2. The Hall–Kier alpha value is -7.78. The molecule has 0 aliphatic rings. The normalized spacial score (nSPS) is 11.7. The fraction of sp³-hybridized carbons (Fsp3) is 0.0182. The molecule has 9 rings (SSSR count). The number of aromatic nitrogens is 1. The summed E-state index contributed by atoms with van der Waals surface area (Å²) in [6.07, 6.45) is 0. The van der Waals surface area contributed by atoms with Crippen molar-refractivity contribution >= 4 is 38.8 Å². The molecule has 0 aliphatic carbocycles. The van der Waals surface area contributed by atoms with Crippen molar-refractivity contribution in [3.05, 3.63) is 229 Å². The first kappa shape index (κ1) is 37.8. The first-order valence-corrected chi connectivity index (χ1v) is 20.6. The molecule has 0 saturated carbocycles. The van der Waals surface area contributed by atoms with Crippen LogP contribution in [0.5, 0.6) is 0 Å².